The lowest BCUT2D eigenvalue weighted by Gasteiger charge is -2.39. The summed E-state index contributed by atoms with van der Waals surface area (Å²) in [7, 11) is 0. The van der Waals surface area contributed by atoms with E-state index in [-0.39, 0.29) is 5.91 Å². The molecular weight excluding hydrogens is 226 g/mol. The minimum atomic E-state index is 0.123. The Morgan fingerprint density at radius 1 is 1.22 bits per heavy atom. The maximum absolute atomic E-state index is 12.5. The molecule has 3 N–H and O–H groups in total. The largest absolute Gasteiger partial charge is 0.333 e. The van der Waals surface area contributed by atoms with Crippen molar-refractivity contribution < 1.29 is 4.79 Å². The van der Waals surface area contributed by atoms with Gasteiger partial charge in [0, 0.05) is 23.3 Å². The molecule has 18 heavy (non-hydrogen) atoms. The molecule has 0 aliphatic carbocycles. The number of nitrogens with two attached hydrogens (primary N) is 1. The predicted molar refractivity (Wildman–Crippen MR) is 73.2 cm³/mol. The Labute approximate surface area is 108 Å². The molecule has 2 atom stereocenters. The van der Waals surface area contributed by atoms with Crippen LogP contribution in [-0.4, -0.2) is 22.9 Å². The average molecular weight is 247 g/mol. The van der Waals surface area contributed by atoms with Crippen molar-refractivity contribution in [3.63, 3.8) is 0 Å². The highest BCUT2D eigenvalue weighted by Crippen LogP contribution is 2.24. The number of carbonyl (C=O) groups is 1. The molecule has 0 bridgehead atoms. The molecule has 0 spiro atoms. The second-order valence-electron chi connectivity index (χ2n) is 5.06. The van der Waals surface area contributed by atoms with Crippen LogP contribution in [0.4, 0.5) is 5.69 Å². The zero-order valence-electron chi connectivity index (χ0n) is 11.0. The fraction of sp³-hybridized carbons (Fsp3) is 0.500. The number of piperidine rings is 1. The van der Waals surface area contributed by atoms with Crippen molar-refractivity contribution in [2.75, 3.05) is 5.43 Å². The summed E-state index contributed by atoms with van der Waals surface area (Å²) < 4.78 is 0. The van der Waals surface area contributed by atoms with E-state index in [9.17, 15) is 4.79 Å². The molecule has 98 valence electrons. The molecular formula is C14H21N3O. The van der Waals surface area contributed by atoms with E-state index in [1.165, 1.54) is 6.42 Å². The Balaban J connectivity index is 2.18. The van der Waals surface area contributed by atoms with Gasteiger partial charge in [-0.2, -0.15) is 0 Å². The summed E-state index contributed by atoms with van der Waals surface area (Å²) in [5.41, 5.74) is 4.11. The Bertz CT molecular complexity index is 406. The van der Waals surface area contributed by atoms with Gasteiger partial charge >= 0.3 is 0 Å². The molecule has 0 saturated carbocycles. The highest BCUT2D eigenvalue weighted by molar-refractivity contribution is 5.95. The van der Waals surface area contributed by atoms with Crippen molar-refractivity contribution in [2.24, 2.45) is 5.84 Å². The Morgan fingerprint density at radius 2 is 1.78 bits per heavy atom. The van der Waals surface area contributed by atoms with Crippen LogP contribution in [0.25, 0.3) is 0 Å². The summed E-state index contributed by atoms with van der Waals surface area (Å²) in [5.74, 6) is 5.44. The second-order valence-corrected chi connectivity index (χ2v) is 5.06. The minimum absolute atomic E-state index is 0.123. The number of rotatable bonds is 2. The molecule has 0 radical (unpaired) electrons. The van der Waals surface area contributed by atoms with Crippen LogP contribution in [0.15, 0.2) is 24.3 Å². The number of anilines is 1. The molecule has 0 unspecified atom stereocenters. The summed E-state index contributed by atoms with van der Waals surface area (Å²) in [6, 6.07) is 7.96. The molecule has 4 heteroatoms. The molecule has 1 aliphatic heterocycles. The molecule has 2 rings (SSSR count). The number of nitrogens with one attached hydrogen (secondary N) is 1. The monoisotopic (exact) mass is 247 g/mol. The summed E-state index contributed by atoms with van der Waals surface area (Å²) >= 11 is 0. The van der Waals surface area contributed by atoms with E-state index in [0.717, 1.165) is 24.1 Å². The third kappa shape index (κ3) is 2.48. The maximum atomic E-state index is 12.5. The smallest absolute Gasteiger partial charge is 0.254 e. The SMILES string of the molecule is C[C@@H]1CCC[C@H](C)N1C(=O)c1ccc(NN)cc1. The maximum Gasteiger partial charge on any atom is 0.254 e. The summed E-state index contributed by atoms with van der Waals surface area (Å²) in [6.07, 6.45) is 3.40. The van der Waals surface area contributed by atoms with E-state index in [4.69, 9.17) is 5.84 Å². The number of hydrogen-bond acceptors (Lipinski definition) is 3. The lowest BCUT2D eigenvalue weighted by atomic mass is 9.96. The molecule has 1 aromatic carbocycles. The number of hydrogen-bond donors (Lipinski definition) is 2. The number of benzene rings is 1. The van der Waals surface area contributed by atoms with Gasteiger partial charge in [0.15, 0.2) is 0 Å². The van der Waals surface area contributed by atoms with Crippen molar-refractivity contribution in [2.45, 2.75) is 45.2 Å². The molecule has 1 fully saturated rings. The molecule has 1 heterocycles. The van der Waals surface area contributed by atoms with Gasteiger partial charge in [-0.15, -0.1) is 0 Å². The fourth-order valence-corrected chi connectivity index (χ4v) is 2.68. The Morgan fingerprint density at radius 3 is 2.28 bits per heavy atom. The minimum Gasteiger partial charge on any atom is -0.333 e. The van der Waals surface area contributed by atoms with Crippen molar-refractivity contribution in [1.82, 2.24) is 4.90 Å². The van der Waals surface area contributed by atoms with Gasteiger partial charge in [0.05, 0.1) is 0 Å². The number of nitrogen functional groups attached to an aromatic ring is 1. The topological polar surface area (TPSA) is 58.4 Å². The van der Waals surface area contributed by atoms with Crippen LogP contribution < -0.4 is 11.3 Å². The molecule has 1 aromatic rings. The standard InChI is InChI=1S/C14H21N3O/c1-10-4-3-5-11(2)17(10)14(18)12-6-8-13(16-15)9-7-12/h6-11,16H,3-5,15H2,1-2H3/t10-,11+. The van der Waals surface area contributed by atoms with E-state index >= 15 is 0 Å². The van der Waals surface area contributed by atoms with Crippen LogP contribution in [0, 0.1) is 0 Å². The predicted octanol–water partition coefficient (Wildman–Crippen LogP) is 2.38. The fourth-order valence-electron chi connectivity index (χ4n) is 2.68. The Hall–Kier alpha value is -1.55. The van der Waals surface area contributed by atoms with Gasteiger partial charge in [0.1, 0.15) is 0 Å². The molecule has 1 saturated heterocycles. The zero-order chi connectivity index (χ0) is 13.1. The van der Waals surface area contributed by atoms with Crippen LogP contribution in [0.3, 0.4) is 0 Å². The zero-order valence-corrected chi connectivity index (χ0v) is 11.0. The van der Waals surface area contributed by atoms with E-state index in [1.807, 2.05) is 29.2 Å². The first-order valence-electron chi connectivity index (χ1n) is 6.53. The lowest BCUT2D eigenvalue weighted by Crippen LogP contribution is -2.47. The van der Waals surface area contributed by atoms with Crippen LogP contribution in [0.1, 0.15) is 43.5 Å². The first-order chi connectivity index (χ1) is 8.63. The average Bonchev–Trinajstić information content (AvgIpc) is 2.38. The number of likely N-dealkylation sites (tertiary alicyclic amines) is 1. The van der Waals surface area contributed by atoms with E-state index in [2.05, 4.69) is 19.3 Å². The van der Waals surface area contributed by atoms with Gasteiger partial charge in [0.25, 0.3) is 5.91 Å². The number of amides is 1. The molecule has 1 aliphatic rings. The summed E-state index contributed by atoms with van der Waals surface area (Å²) in [4.78, 5) is 14.5. The van der Waals surface area contributed by atoms with Crippen molar-refractivity contribution in [3.8, 4) is 0 Å². The highest BCUT2D eigenvalue weighted by atomic mass is 16.2. The van der Waals surface area contributed by atoms with Gasteiger partial charge in [-0.1, -0.05) is 0 Å². The van der Waals surface area contributed by atoms with Gasteiger partial charge in [-0.05, 0) is 57.4 Å². The van der Waals surface area contributed by atoms with Gasteiger partial charge in [-0.3, -0.25) is 10.6 Å². The summed E-state index contributed by atoms with van der Waals surface area (Å²) in [6.45, 7) is 4.26. The van der Waals surface area contributed by atoms with Crippen LogP contribution in [-0.2, 0) is 0 Å². The van der Waals surface area contributed by atoms with Crippen LogP contribution >= 0.6 is 0 Å². The quantitative estimate of drug-likeness (QED) is 0.623. The van der Waals surface area contributed by atoms with E-state index in [0.29, 0.717) is 12.1 Å². The normalized spacial score (nSPS) is 23.8. The van der Waals surface area contributed by atoms with Gasteiger partial charge in [0.2, 0.25) is 0 Å². The van der Waals surface area contributed by atoms with Crippen LogP contribution in [0.2, 0.25) is 0 Å². The van der Waals surface area contributed by atoms with E-state index < -0.39 is 0 Å². The van der Waals surface area contributed by atoms with Gasteiger partial charge < -0.3 is 10.3 Å². The number of nitrogens with zero attached hydrogens (tertiary/aromatic N) is 1. The summed E-state index contributed by atoms with van der Waals surface area (Å²) in [5, 5.41) is 0. The number of carbonyl (C=O) groups excluding carboxylic acids is 1. The molecule has 4 nitrogen and oxygen atoms in total. The van der Waals surface area contributed by atoms with Crippen molar-refractivity contribution >= 4 is 11.6 Å². The van der Waals surface area contributed by atoms with Crippen LogP contribution in [0.5, 0.6) is 0 Å². The third-order valence-corrected chi connectivity index (χ3v) is 3.73. The molecule has 1 amide bonds. The third-order valence-electron chi connectivity index (χ3n) is 3.73. The molecule has 0 aromatic heterocycles. The number of hydrazine groups is 1. The lowest BCUT2D eigenvalue weighted by molar-refractivity contribution is 0.0511. The first kappa shape index (κ1) is 12.9. The first-order valence-corrected chi connectivity index (χ1v) is 6.53. The Kier molecular flexibility index (Phi) is 3.87. The highest BCUT2D eigenvalue weighted by Gasteiger charge is 2.29. The van der Waals surface area contributed by atoms with Crippen molar-refractivity contribution in [1.29, 1.82) is 0 Å². The second kappa shape index (κ2) is 5.40. The van der Waals surface area contributed by atoms with Crippen molar-refractivity contribution in [3.05, 3.63) is 29.8 Å². The van der Waals surface area contributed by atoms with E-state index in [1.54, 1.807) is 0 Å². The van der Waals surface area contributed by atoms with Gasteiger partial charge in [-0.25, -0.2) is 0 Å².